The molecule has 0 unspecified atom stereocenters. The van der Waals surface area contributed by atoms with Crippen molar-refractivity contribution in [3.8, 4) is 11.4 Å². The molecule has 3 rings (SSSR count). The first kappa shape index (κ1) is 20.3. The number of amides is 1. The maximum Gasteiger partial charge on any atom is 0.295 e. The second kappa shape index (κ2) is 8.31. The summed E-state index contributed by atoms with van der Waals surface area (Å²) in [6, 6.07) is 12.0. The van der Waals surface area contributed by atoms with Gasteiger partial charge in [-0.05, 0) is 31.2 Å². The van der Waals surface area contributed by atoms with Crippen molar-refractivity contribution in [2.75, 3.05) is 11.9 Å². The van der Waals surface area contributed by atoms with Gasteiger partial charge in [-0.25, -0.2) is 4.68 Å². The van der Waals surface area contributed by atoms with Gasteiger partial charge in [-0.3, -0.25) is 14.3 Å². The van der Waals surface area contributed by atoms with Gasteiger partial charge in [0.05, 0.1) is 21.4 Å². The van der Waals surface area contributed by atoms with Gasteiger partial charge in [0.15, 0.2) is 12.4 Å². The average Bonchev–Trinajstić information content (AvgIpc) is 2.85. The van der Waals surface area contributed by atoms with Crippen LogP contribution in [0.1, 0.15) is 5.69 Å². The normalized spacial score (nSPS) is 10.8. The minimum Gasteiger partial charge on any atom is -0.481 e. The number of benzene rings is 2. The number of carbonyl (C=O) groups is 1. The first-order valence-electron chi connectivity index (χ1n) is 8.20. The smallest absolute Gasteiger partial charge is 0.295 e. The highest BCUT2D eigenvalue weighted by Crippen LogP contribution is 2.35. The van der Waals surface area contributed by atoms with Crippen LogP contribution in [0.3, 0.4) is 0 Å². The highest BCUT2D eigenvalue weighted by Gasteiger charge is 2.19. The Morgan fingerprint density at radius 2 is 1.71 bits per heavy atom. The van der Waals surface area contributed by atoms with E-state index in [1.807, 2.05) is 18.2 Å². The van der Waals surface area contributed by atoms with Crippen molar-refractivity contribution in [3.05, 3.63) is 73.6 Å². The van der Waals surface area contributed by atoms with E-state index in [0.717, 1.165) is 0 Å². The van der Waals surface area contributed by atoms with Crippen LogP contribution >= 0.6 is 34.8 Å². The maximum atomic E-state index is 12.8. The lowest BCUT2D eigenvalue weighted by atomic mass is 10.3. The molecule has 1 N–H and O–H groups in total. The molecule has 9 heteroatoms. The number of hydrogen-bond acceptors (Lipinski definition) is 3. The Morgan fingerprint density at radius 1 is 1.11 bits per heavy atom. The molecule has 0 atom stereocenters. The lowest BCUT2D eigenvalue weighted by molar-refractivity contribution is -0.118. The van der Waals surface area contributed by atoms with E-state index in [0.29, 0.717) is 16.4 Å². The minimum absolute atomic E-state index is 0.148. The molecule has 0 spiro atoms. The first-order chi connectivity index (χ1) is 13.3. The quantitative estimate of drug-likeness (QED) is 0.637. The standard InChI is InChI=1S/C19H16Cl3N3O3/c1-11-17(19(27)25(24(11)2)13-6-4-3-5-7-13)23-16(26)10-28-18-14(21)8-12(20)9-15(18)22/h3-9H,10H2,1-2H3,(H,23,26). The highest BCUT2D eigenvalue weighted by molar-refractivity contribution is 6.40. The van der Waals surface area contributed by atoms with E-state index in [2.05, 4.69) is 5.32 Å². The van der Waals surface area contributed by atoms with E-state index in [4.69, 9.17) is 39.5 Å². The van der Waals surface area contributed by atoms with Crippen LogP contribution in [0, 0.1) is 6.92 Å². The Hall–Kier alpha value is -2.41. The fourth-order valence-corrected chi connectivity index (χ4v) is 3.62. The van der Waals surface area contributed by atoms with Gasteiger partial charge in [-0.2, -0.15) is 0 Å². The monoisotopic (exact) mass is 439 g/mol. The molecule has 28 heavy (non-hydrogen) atoms. The van der Waals surface area contributed by atoms with Crippen molar-refractivity contribution in [2.24, 2.45) is 7.05 Å². The summed E-state index contributed by atoms with van der Waals surface area (Å²) in [4.78, 5) is 25.1. The number of anilines is 1. The molecule has 3 aromatic rings. The molecule has 1 amide bonds. The summed E-state index contributed by atoms with van der Waals surface area (Å²) in [5, 5.41) is 3.33. The van der Waals surface area contributed by atoms with Crippen LogP contribution in [0.25, 0.3) is 5.69 Å². The predicted molar refractivity (Wildman–Crippen MR) is 111 cm³/mol. The van der Waals surface area contributed by atoms with Crippen LogP contribution in [-0.2, 0) is 11.8 Å². The molecule has 1 heterocycles. The third-order valence-corrected chi connectivity index (χ3v) is 4.91. The molecule has 0 aliphatic rings. The van der Waals surface area contributed by atoms with Crippen molar-refractivity contribution in [3.63, 3.8) is 0 Å². The maximum absolute atomic E-state index is 12.8. The second-order valence-corrected chi connectivity index (χ2v) is 7.22. The Balaban J connectivity index is 1.79. The summed E-state index contributed by atoms with van der Waals surface area (Å²) in [6.07, 6.45) is 0. The highest BCUT2D eigenvalue weighted by atomic mass is 35.5. The third-order valence-electron chi connectivity index (χ3n) is 4.13. The Morgan fingerprint density at radius 3 is 2.32 bits per heavy atom. The van der Waals surface area contributed by atoms with Crippen LogP contribution in [-0.4, -0.2) is 21.9 Å². The molecule has 0 saturated heterocycles. The molecular weight excluding hydrogens is 425 g/mol. The number of rotatable bonds is 5. The van der Waals surface area contributed by atoms with Gasteiger partial charge in [-0.15, -0.1) is 0 Å². The van der Waals surface area contributed by atoms with Crippen molar-refractivity contribution >= 4 is 46.4 Å². The summed E-state index contributed by atoms with van der Waals surface area (Å²) < 4.78 is 8.55. The number of halogens is 3. The zero-order valence-electron chi connectivity index (χ0n) is 15.0. The SMILES string of the molecule is Cc1c(NC(=O)COc2c(Cl)cc(Cl)cc2Cl)c(=O)n(-c2ccccc2)n1C. The Labute approximate surface area is 176 Å². The lowest BCUT2D eigenvalue weighted by Gasteiger charge is -2.10. The molecule has 0 aliphatic heterocycles. The van der Waals surface area contributed by atoms with E-state index in [9.17, 15) is 9.59 Å². The van der Waals surface area contributed by atoms with Crippen LogP contribution in [0.5, 0.6) is 5.75 Å². The number of para-hydroxylation sites is 1. The Kier molecular flexibility index (Phi) is 6.03. The van der Waals surface area contributed by atoms with Crippen molar-refractivity contribution < 1.29 is 9.53 Å². The first-order valence-corrected chi connectivity index (χ1v) is 9.34. The van der Waals surface area contributed by atoms with Crippen molar-refractivity contribution in [1.29, 1.82) is 0 Å². The van der Waals surface area contributed by atoms with Gasteiger partial charge in [0, 0.05) is 12.1 Å². The van der Waals surface area contributed by atoms with Gasteiger partial charge >= 0.3 is 0 Å². The van der Waals surface area contributed by atoms with E-state index < -0.39 is 5.91 Å². The molecular formula is C19H16Cl3N3O3. The van der Waals surface area contributed by atoms with E-state index in [1.54, 1.807) is 30.8 Å². The molecule has 6 nitrogen and oxygen atoms in total. The molecule has 1 aromatic heterocycles. The Bertz CT molecular complexity index is 1070. The van der Waals surface area contributed by atoms with Crippen LogP contribution < -0.4 is 15.6 Å². The molecule has 2 aromatic carbocycles. The zero-order valence-corrected chi connectivity index (χ0v) is 17.3. The minimum atomic E-state index is -0.520. The van der Waals surface area contributed by atoms with Gasteiger partial charge in [0.2, 0.25) is 0 Å². The molecule has 0 radical (unpaired) electrons. The summed E-state index contributed by atoms with van der Waals surface area (Å²) >= 11 is 17.9. The summed E-state index contributed by atoms with van der Waals surface area (Å²) in [5.41, 5.74) is 1.12. The topological polar surface area (TPSA) is 65.3 Å². The van der Waals surface area contributed by atoms with Crippen molar-refractivity contribution in [1.82, 2.24) is 9.36 Å². The zero-order chi connectivity index (χ0) is 20.4. The van der Waals surface area contributed by atoms with Gasteiger partial charge in [0.25, 0.3) is 11.5 Å². The summed E-state index contributed by atoms with van der Waals surface area (Å²) in [6.45, 7) is 1.37. The van der Waals surface area contributed by atoms with Crippen LogP contribution in [0.15, 0.2) is 47.3 Å². The van der Waals surface area contributed by atoms with Gasteiger partial charge in [0.1, 0.15) is 5.69 Å². The van der Waals surface area contributed by atoms with Crippen LogP contribution in [0.4, 0.5) is 5.69 Å². The second-order valence-electron chi connectivity index (χ2n) is 5.97. The third kappa shape index (κ3) is 4.04. The largest absolute Gasteiger partial charge is 0.481 e. The fourth-order valence-electron chi connectivity index (χ4n) is 2.69. The summed E-state index contributed by atoms with van der Waals surface area (Å²) in [7, 11) is 1.74. The number of nitrogens with zero attached hydrogens (tertiary/aromatic N) is 2. The average molecular weight is 441 g/mol. The summed E-state index contributed by atoms with van der Waals surface area (Å²) in [5.74, 6) is -0.373. The number of aromatic nitrogens is 2. The lowest BCUT2D eigenvalue weighted by Crippen LogP contribution is -2.25. The van der Waals surface area contributed by atoms with Gasteiger partial charge < -0.3 is 10.1 Å². The van der Waals surface area contributed by atoms with Crippen LogP contribution in [0.2, 0.25) is 15.1 Å². The van der Waals surface area contributed by atoms with Gasteiger partial charge in [-0.1, -0.05) is 53.0 Å². The fraction of sp³-hybridized carbons (Fsp3) is 0.158. The van der Waals surface area contributed by atoms with E-state index in [-0.39, 0.29) is 33.6 Å². The number of ether oxygens (including phenoxy) is 1. The molecule has 0 bridgehead atoms. The molecule has 0 fully saturated rings. The molecule has 146 valence electrons. The predicted octanol–water partition coefficient (Wildman–Crippen LogP) is 4.46. The van der Waals surface area contributed by atoms with E-state index >= 15 is 0 Å². The molecule has 0 aliphatic carbocycles. The molecule has 0 saturated carbocycles. The number of nitrogens with one attached hydrogen (secondary N) is 1. The van der Waals surface area contributed by atoms with E-state index in [1.165, 1.54) is 16.8 Å². The number of hydrogen-bond donors (Lipinski definition) is 1. The number of carbonyl (C=O) groups excluding carboxylic acids is 1. The van der Waals surface area contributed by atoms with Crippen molar-refractivity contribution in [2.45, 2.75) is 6.92 Å².